The van der Waals surface area contributed by atoms with Gasteiger partial charge in [0.15, 0.2) is 5.11 Å². The zero-order chi connectivity index (χ0) is 24.7. The second-order valence-corrected chi connectivity index (χ2v) is 10.1. The van der Waals surface area contributed by atoms with Crippen LogP contribution in [0.4, 0.5) is 5.69 Å². The highest BCUT2D eigenvalue weighted by Crippen LogP contribution is 2.44. The van der Waals surface area contributed by atoms with E-state index in [9.17, 15) is 0 Å². The number of hydrogen-bond acceptors (Lipinski definition) is 2. The van der Waals surface area contributed by atoms with Gasteiger partial charge in [0, 0.05) is 29.0 Å². The molecule has 0 bridgehead atoms. The molecule has 1 aliphatic heterocycles. The van der Waals surface area contributed by atoms with Crippen molar-refractivity contribution in [2.45, 2.75) is 52.6 Å². The van der Waals surface area contributed by atoms with Gasteiger partial charge in [0.25, 0.3) is 0 Å². The van der Waals surface area contributed by atoms with Gasteiger partial charge in [-0.2, -0.15) is 0 Å². The second kappa shape index (κ2) is 9.31. The Bertz CT molecular complexity index is 1360. The van der Waals surface area contributed by atoms with E-state index in [-0.39, 0.29) is 12.1 Å². The maximum absolute atomic E-state index is 5.93. The molecule has 2 unspecified atom stereocenters. The molecule has 0 amide bonds. The summed E-state index contributed by atoms with van der Waals surface area (Å²) in [4.78, 5) is 6.97. The van der Waals surface area contributed by atoms with Crippen LogP contribution in [0.3, 0.4) is 0 Å². The summed E-state index contributed by atoms with van der Waals surface area (Å²) < 4.78 is 2.35. The van der Waals surface area contributed by atoms with Crippen molar-refractivity contribution in [3.05, 3.63) is 113 Å². The third kappa shape index (κ3) is 4.25. The van der Waals surface area contributed by atoms with Crippen molar-refractivity contribution in [3.63, 3.8) is 0 Å². The quantitative estimate of drug-likeness (QED) is 0.309. The average molecular weight is 481 g/mol. The Kier molecular flexibility index (Phi) is 6.20. The summed E-state index contributed by atoms with van der Waals surface area (Å²) in [5.41, 5.74) is 9.50. The predicted octanol–water partition coefficient (Wildman–Crippen LogP) is 7.10. The van der Waals surface area contributed by atoms with Crippen molar-refractivity contribution in [1.82, 2.24) is 14.9 Å². The smallest absolute Gasteiger partial charge is 0.174 e. The first-order chi connectivity index (χ1) is 16.8. The predicted molar refractivity (Wildman–Crippen MR) is 148 cm³/mol. The minimum Gasteiger partial charge on any atom is -0.351 e. The third-order valence-corrected chi connectivity index (χ3v) is 7.30. The van der Waals surface area contributed by atoms with Gasteiger partial charge in [-0.1, -0.05) is 44.2 Å². The fourth-order valence-corrected chi connectivity index (χ4v) is 5.57. The summed E-state index contributed by atoms with van der Waals surface area (Å²) >= 11 is 5.93. The van der Waals surface area contributed by atoms with E-state index in [1.807, 2.05) is 18.3 Å². The zero-order valence-corrected chi connectivity index (χ0v) is 21.8. The number of thiocarbonyl (C=S) groups is 1. The highest BCUT2D eigenvalue weighted by atomic mass is 32.1. The van der Waals surface area contributed by atoms with Crippen molar-refractivity contribution in [1.29, 1.82) is 0 Å². The normalized spacial score (nSPS) is 17.8. The fraction of sp³-hybridized carbons (Fsp3) is 0.267. The first-order valence-corrected chi connectivity index (χ1v) is 12.6. The van der Waals surface area contributed by atoms with Crippen LogP contribution in [0.5, 0.6) is 0 Å². The number of hydrogen-bond donors (Lipinski definition) is 1. The Morgan fingerprint density at radius 2 is 1.66 bits per heavy atom. The molecule has 1 N–H and O–H groups in total. The van der Waals surface area contributed by atoms with Gasteiger partial charge in [0.2, 0.25) is 0 Å². The number of aryl methyl sites for hydroxylation is 2. The number of rotatable bonds is 5. The molecule has 0 radical (unpaired) electrons. The molecule has 1 saturated heterocycles. The van der Waals surface area contributed by atoms with Gasteiger partial charge >= 0.3 is 0 Å². The van der Waals surface area contributed by atoms with E-state index in [4.69, 9.17) is 17.2 Å². The third-order valence-electron chi connectivity index (χ3n) is 6.98. The number of aromatic nitrogens is 2. The van der Waals surface area contributed by atoms with Crippen LogP contribution in [-0.2, 0) is 0 Å². The number of pyridine rings is 1. The highest BCUT2D eigenvalue weighted by Gasteiger charge is 2.42. The first kappa shape index (κ1) is 23.3. The molecular weight excluding hydrogens is 448 g/mol. The average Bonchev–Trinajstić information content (AvgIpc) is 3.34. The molecular formula is C30H32N4S. The van der Waals surface area contributed by atoms with E-state index < -0.39 is 0 Å². The first-order valence-electron chi connectivity index (χ1n) is 12.2. The van der Waals surface area contributed by atoms with Gasteiger partial charge < -0.3 is 14.8 Å². The van der Waals surface area contributed by atoms with Crippen molar-refractivity contribution in [2.75, 3.05) is 4.90 Å². The largest absolute Gasteiger partial charge is 0.351 e. The van der Waals surface area contributed by atoms with Crippen molar-refractivity contribution < 1.29 is 0 Å². The van der Waals surface area contributed by atoms with E-state index >= 15 is 0 Å². The molecule has 1 aliphatic rings. The lowest BCUT2D eigenvalue weighted by atomic mass is 9.96. The molecule has 2 atom stereocenters. The molecule has 4 aromatic rings. The molecule has 3 heterocycles. The second-order valence-electron chi connectivity index (χ2n) is 9.74. The maximum Gasteiger partial charge on any atom is 0.174 e. The van der Waals surface area contributed by atoms with Gasteiger partial charge in [-0.05, 0) is 98.1 Å². The number of nitrogens with one attached hydrogen (secondary N) is 1. The summed E-state index contributed by atoms with van der Waals surface area (Å²) in [5.74, 6) is 0.484. The zero-order valence-electron chi connectivity index (χ0n) is 21.0. The number of anilines is 1. The summed E-state index contributed by atoms with van der Waals surface area (Å²) in [6.45, 7) is 11.0. The van der Waals surface area contributed by atoms with Crippen molar-refractivity contribution >= 4 is 23.0 Å². The molecule has 1 fully saturated rings. The molecule has 5 rings (SSSR count). The summed E-state index contributed by atoms with van der Waals surface area (Å²) in [6, 6.07) is 25.8. The molecule has 0 saturated carbocycles. The lowest BCUT2D eigenvalue weighted by Crippen LogP contribution is -2.29. The Labute approximate surface area is 213 Å². The van der Waals surface area contributed by atoms with E-state index in [2.05, 4.69) is 110 Å². The van der Waals surface area contributed by atoms with Gasteiger partial charge in [-0.15, -0.1) is 0 Å². The van der Waals surface area contributed by atoms with Gasteiger partial charge in [-0.25, -0.2) is 0 Å². The Morgan fingerprint density at radius 1 is 0.886 bits per heavy atom. The topological polar surface area (TPSA) is 33.1 Å². The molecule has 0 aliphatic carbocycles. The Balaban J connectivity index is 1.66. The van der Waals surface area contributed by atoms with Gasteiger partial charge in [-0.3, -0.25) is 4.98 Å². The van der Waals surface area contributed by atoms with Crippen LogP contribution >= 0.6 is 12.2 Å². The minimum atomic E-state index is -0.0556. The number of nitrogens with zero attached hydrogens (tertiary/aromatic N) is 3. The van der Waals surface area contributed by atoms with Crippen molar-refractivity contribution in [2.24, 2.45) is 0 Å². The highest BCUT2D eigenvalue weighted by molar-refractivity contribution is 7.80. The fourth-order valence-electron chi connectivity index (χ4n) is 5.22. The van der Waals surface area contributed by atoms with E-state index in [1.54, 1.807) is 0 Å². The van der Waals surface area contributed by atoms with Crippen LogP contribution in [0.15, 0.2) is 79.0 Å². The standard InChI is InChI=1S/C30H32N4S/c1-19(2)23-12-14-24(15-13-23)34-29(28(32-30(34)35)27-11-6-7-16-31-27)26-18-21(4)33(22(26)5)25-10-8-9-20(3)17-25/h6-19,28-29H,1-5H3,(H,32,35). The molecule has 2 aromatic heterocycles. The van der Waals surface area contributed by atoms with Crippen LogP contribution in [0, 0.1) is 20.8 Å². The van der Waals surface area contributed by atoms with Crippen LogP contribution in [0.2, 0.25) is 0 Å². The van der Waals surface area contributed by atoms with Gasteiger partial charge in [0.05, 0.1) is 17.8 Å². The SMILES string of the molecule is Cc1cccc(-n2c(C)cc(C3C(c4ccccn4)NC(=S)N3c3ccc(C(C)C)cc3)c2C)c1. The van der Waals surface area contributed by atoms with Crippen LogP contribution < -0.4 is 10.2 Å². The monoisotopic (exact) mass is 480 g/mol. The number of benzene rings is 2. The minimum absolute atomic E-state index is 0.0212. The van der Waals surface area contributed by atoms with E-state index in [0.717, 1.165) is 16.5 Å². The molecule has 178 valence electrons. The Morgan fingerprint density at radius 3 is 2.31 bits per heavy atom. The van der Waals surface area contributed by atoms with Crippen LogP contribution in [0.25, 0.3) is 5.69 Å². The molecule has 0 spiro atoms. The van der Waals surface area contributed by atoms with E-state index in [1.165, 1.54) is 33.8 Å². The molecule has 4 nitrogen and oxygen atoms in total. The molecule has 2 aromatic carbocycles. The van der Waals surface area contributed by atoms with E-state index in [0.29, 0.717) is 5.92 Å². The lowest BCUT2D eigenvalue weighted by Gasteiger charge is -2.28. The van der Waals surface area contributed by atoms with Crippen molar-refractivity contribution in [3.8, 4) is 5.69 Å². The summed E-state index contributed by atoms with van der Waals surface area (Å²) in [6.07, 6.45) is 1.85. The molecule has 5 heteroatoms. The van der Waals surface area contributed by atoms with Gasteiger partial charge in [0.1, 0.15) is 0 Å². The maximum atomic E-state index is 5.93. The summed E-state index contributed by atoms with van der Waals surface area (Å²) in [7, 11) is 0. The lowest BCUT2D eigenvalue weighted by molar-refractivity contribution is 0.565. The van der Waals surface area contributed by atoms with Crippen LogP contribution in [0.1, 0.15) is 65.6 Å². The summed E-state index contributed by atoms with van der Waals surface area (Å²) in [5, 5.41) is 4.32. The molecule has 35 heavy (non-hydrogen) atoms. The Hall–Kier alpha value is -3.44. The van der Waals surface area contributed by atoms with Crippen LogP contribution in [-0.4, -0.2) is 14.7 Å².